The van der Waals surface area contributed by atoms with Crippen LogP contribution in [0.15, 0.2) is 96.4 Å². The van der Waals surface area contributed by atoms with Crippen molar-refractivity contribution in [3.05, 3.63) is 119 Å². The standard InChI is InChI=1S/C36H38N4O7S/c1-23-30(22-48-35-37-16-17-39(35)2)46-34(47-32(23)27-12-10-25(20-41)11-13-27)28-14-8-24(9-15-28)19-40-31(42)18-29(33(40)43)38-36(44)45-21-26-6-4-3-5-7-26/h3-17,23,29-30,32,34,41H,18-22H2,1-2H3,(H,38,44). The first kappa shape index (κ1) is 33.4. The summed E-state index contributed by atoms with van der Waals surface area (Å²) in [5.74, 6) is -0.147. The Kier molecular flexibility index (Phi) is 10.6. The van der Waals surface area contributed by atoms with E-state index in [2.05, 4.69) is 17.2 Å². The van der Waals surface area contributed by atoms with Crippen molar-refractivity contribution in [1.29, 1.82) is 0 Å². The Balaban J connectivity index is 1.10. The van der Waals surface area contributed by atoms with Crippen LogP contribution in [0.5, 0.6) is 0 Å². The van der Waals surface area contributed by atoms with Crippen molar-refractivity contribution in [1.82, 2.24) is 19.8 Å². The Morgan fingerprint density at radius 3 is 2.38 bits per heavy atom. The van der Waals surface area contributed by atoms with E-state index in [1.165, 1.54) is 0 Å². The third kappa shape index (κ3) is 7.79. The van der Waals surface area contributed by atoms with Crippen LogP contribution in [0.4, 0.5) is 4.79 Å². The summed E-state index contributed by atoms with van der Waals surface area (Å²) in [6, 6.07) is 23.4. The monoisotopic (exact) mass is 670 g/mol. The highest BCUT2D eigenvalue weighted by molar-refractivity contribution is 7.99. The van der Waals surface area contributed by atoms with Gasteiger partial charge in [0.1, 0.15) is 12.6 Å². The van der Waals surface area contributed by atoms with Crippen molar-refractivity contribution in [3.8, 4) is 0 Å². The Hall–Kier alpha value is -4.49. The number of carbonyl (C=O) groups is 3. The van der Waals surface area contributed by atoms with Gasteiger partial charge in [-0.2, -0.15) is 0 Å². The molecule has 3 heterocycles. The van der Waals surface area contributed by atoms with Crippen LogP contribution >= 0.6 is 11.8 Å². The minimum atomic E-state index is -0.977. The second-order valence-electron chi connectivity index (χ2n) is 12.0. The number of aliphatic hydroxyl groups is 1. The van der Waals surface area contributed by atoms with E-state index < -0.39 is 24.3 Å². The number of benzene rings is 3. The number of alkyl carbamates (subject to hydrolysis) is 1. The summed E-state index contributed by atoms with van der Waals surface area (Å²) >= 11 is 1.63. The van der Waals surface area contributed by atoms with Crippen LogP contribution < -0.4 is 5.32 Å². The number of amides is 3. The predicted octanol–water partition coefficient (Wildman–Crippen LogP) is 5.05. The molecule has 12 heteroatoms. The zero-order chi connectivity index (χ0) is 33.6. The molecule has 48 heavy (non-hydrogen) atoms. The number of rotatable bonds is 11. The smallest absolute Gasteiger partial charge is 0.408 e. The number of hydrogen-bond donors (Lipinski definition) is 2. The molecule has 2 fully saturated rings. The van der Waals surface area contributed by atoms with Crippen molar-refractivity contribution in [2.24, 2.45) is 13.0 Å². The summed E-state index contributed by atoms with van der Waals surface area (Å²) in [7, 11) is 1.96. The van der Waals surface area contributed by atoms with Crippen molar-refractivity contribution >= 4 is 29.7 Å². The van der Waals surface area contributed by atoms with Crippen LogP contribution in [0, 0.1) is 5.92 Å². The van der Waals surface area contributed by atoms with Gasteiger partial charge in [-0.3, -0.25) is 14.5 Å². The summed E-state index contributed by atoms with van der Waals surface area (Å²) in [6.07, 6.45) is 1.73. The molecule has 3 aromatic carbocycles. The highest BCUT2D eigenvalue weighted by atomic mass is 32.2. The maximum absolute atomic E-state index is 13.1. The molecule has 2 aliphatic rings. The molecule has 5 unspecified atom stereocenters. The van der Waals surface area contributed by atoms with Gasteiger partial charge < -0.3 is 29.2 Å². The highest BCUT2D eigenvalue weighted by Gasteiger charge is 2.40. The van der Waals surface area contributed by atoms with E-state index >= 15 is 0 Å². The topological polar surface area (TPSA) is 132 Å². The number of carbonyl (C=O) groups excluding carboxylic acids is 3. The second-order valence-corrected chi connectivity index (χ2v) is 13.0. The number of thioether (sulfide) groups is 1. The van der Waals surface area contributed by atoms with E-state index in [1.807, 2.05) is 96.7 Å². The number of nitrogens with zero attached hydrogens (tertiary/aromatic N) is 3. The number of ether oxygens (including phenoxy) is 3. The van der Waals surface area contributed by atoms with Gasteiger partial charge in [-0.15, -0.1) is 0 Å². The summed E-state index contributed by atoms with van der Waals surface area (Å²) in [5.41, 5.74) is 4.18. The van der Waals surface area contributed by atoms with Crippen LogP contribution in [-0.4, -0.2) is 55.4 Å². The quantitative estimate of drug-likeness (QED) is 0.166. The van der Waals surface area contributed by atoms with Crippen molar-refractivity contribution in [3.63, 3.8) is 0 Å². The van der Waals surface area contributed by atoms with Gasteiger partial charge in [-0.1, -0.05) is 97.5 Å². The molecule has 5 atom stereocenters. The lowest BCUT2D eigenvalue weighted by Gasteiger charge is -2.41. The van der Waals surface area contributed by atoms with Gasteiger partial charge in [0, 0.05) is 36.7 Å². The molecule has 11 nitrogen and oxygen atoms in total. The molecule has 2 saturated heterocycles. The average Bonchev–Trinajstić information content (AvgIpc) is 3.64. The number of nitrogens with one attached hydrogen (secondary N) is 1. The molecular formula is C36H38N4O7S. The first-order valence-corrected chi connectivity index (χ1v) is 16.8. The van der Waals surface area contributed by atoms with Crippen molar-refractivity contribution in [2.45, 2.75) is 62.8 Å². The van der Waals surface area contributed by atoms with E-state index in [9.17, 15) is 19.5 Å². The largest absolute Gasteiger partial charge is 0.445 e. The Morgan fingerprint density at radius 2 is 1.69 bits per heavy atom. The number of aliphatic hydroxyl groups excluding tert-OH is 1. The lowest BCUT2D eigenvalue weighted by molar-refractivity contribution is -0.268. The fourth-order valence-electron chi connectivity index (χ4n) is 5.79. The third-order valence-electron chi connectivity index (χ3n) is 8.62. The summed E-state index contributed by atoms with van der Waals surface area (Å²) in [5, 5.41) is 13.0. The molecule has 0 spiro atoms. The number of likely N-dealkylation sites (tertiary alicyclic amines) is 1. The number of imide groups is 1. The fourth-order valence-corrected chi connectivity index (χ4v) is 6.88. The van der Waals surface area contributed by atoms with E-state index in [4.69, 9.17) is 14.2 Å². The van der Waals surface area contributed by atoms with Crippen molar-refractivity contribution < 1.29 is 33.7 Å². The summed E-state index contributed by atoms with van der Waals surface area (Å²) < 4.78 is 20.3. The van der Waals surface area contributed by atoms with Crippen LogP contribution in [0.3, 0.4) is 0 Å². The van der Waals surface area contributed by atoms with E-state index in [1.54, 1.807) is 18.0 Å². The SMILES string of the molecule is CC1C(CSc2nccn2C)OC(c2ccc(CN3C(=O)CC(NC(=O)OCc4ccccc4)C3=O)cc2)OC1c1ccc(CO)cc1. The number of imidazole rings is 1. The number of aryl methyl sites for hydroxylation is 1. The number of hydrogen-bond acceptors (Lipinski definition) is 9. The van der Waals surface area contributed by atoms with Gasteiger partial charge in [0.25, 0.3) is 5.91 Å². The lowest BCUT2D eigenvalue weighted by atomic mass is 9.91. The molecule has 0 saturated carbocycles. The van der Waals surface area contributed by atoms with Crippen LogP contribution in [0.25, 0.3) is 0 Å². The molecule has 0 aliphatic carbocycles. The summed E-state index contributed by atoms with van der Waals surface area (Å²) in [4.78, 5) is 43.8. The van der Waals surface area contributed by atoms with E-state index in [0.29, 0.717) is 5.75 Å². The zero-order valence-corrected chi connectivity index (χ0v) is 27.5. The first-order valence-electron chi connectivity index (χ1n) is 15.8. The Bertz CT molecular complexity index is 1710. The van der Waals surface area contributed by atoms with E-state index in [-0.39, 0.29) is 50.2 Å². The number of aromatic nitrogens is 2. The molecule has 4 aromatic rings. The first-order chi connectivity index (χ1) is 23.3. The van der Waals surface area contributed by atoms with Gasteiger partial charge in [0.15, 0.2) is 11.4 Å². The molecule has 3 amide bonds. The van der Waals surface area contributed by atoms with Gasteiger partial charge in [0.2, 0.25) is 5.91 Å². The van der Waals surface area contributed by atoms with Gasteiger partial charge in [-0.25, -0.2) is 9.78 Å². The zero-order valence-electron chi connectivity index (χ0n) is 26.7. The van der Waals surface area contributed by atoms with Crippen molar-refractivity contribution in [2.75, 3.05) is 5.75 Å². The average molecular weight is 671 g/mol. The van der Waals surface area contributed by atoms with Crippen LogP contribution in [0.2, 0.25) is 0 Å². The normalized spacial score (nSPS) is 22.6. The molecule has 2 N–H and O–H groups in total. The third-order valence-corrected chi connectivity index (χ3v) is 9.77. The molecule has 250 valence electrons. The minimum Gasteiger partial charge on any atom is -0.445 e. The molecular weight excluding hydrogens is 632 g/mol. The molecule has 0 bridgehead atoms. The Morgan fingerprint density at radius 1 is 0.979 bits per heavy atom. The second kappa shape index (κ2) is 15.2. The van der Waals surface area contributed by atoms with Gasteiger partial charge in [0.05, 0.1) is 31.8 Å². The van der Waals surface area contributed by atoms with Crippen LogP contribution in [0.1, 0.15) is 53.6 Å². The van der Waals surface area contributed by atoms with Crippen LogP contribution in [-0.2, 0) is 50.6 Å². The minimum absolute atomic E-state index is 0.0256. The van der Waals surface area contributed by atoms with E-state index in [0.717, 1.165) is 37.9 Å². The summed E-state index contributed by atoms with van der Waals surface area (Å²) in [6.45, 7) is 2.21. The van der Waals surface area contributed by atoms with Gasteiger partial charge in [-0.05, 0) is 22.3 Å². The lowest BCUT2D eigenvalue weighted by Crippen LogP contribution is -2.41. The molecule has 0 radical (unpaired) electrons. The predicted molar refractivity (Wildman–Crippen MR) is 177 cm³/mol. The maximum atomic E-state index is 13.1. The van der Waals surface area contributed by atoms with Gasteiger partial charge >= 0.3 is 6.09 Å². The molecule has 6 rings (SSSR count). The highest BCUT2D eigenvalue weighted by Crippen LogP contribution is 2.43. The molecule has 2 aliphatic heterocycles. The maximum Gasteiger partial charge on any atom is 0.408 e. The Labute approximate surface area is 283 Å². The fraction of sp³-hybridized carbons (Fsp3) is 0.333. The molecule has 1 aromatic heterocycles.